The minimum absolute atomic E-state index is 0.0500. The second-order valence-electron chi connectivity index (χ2n) is 5.21. The number of ether oxygens (including phenoxy) is 2. The molecule has 0 aliphatic carbocycles. The van der Waals surface area contributed by atoms with Gasteiger partial charge in [-0.25, -0.2) is 0 Å². The first-order valence-electron chi connectivity index (χ1n) is 7.29. The highest BCUT2D eigenvalue weighted by atomic mass is 19.3. The van der Waals surface area contributed by atoms with E-state index in [9.17, 15) is 8.78 Å². The van der Waals surface area contributed by atoms with Gasteiger partial charge in [0.05, 0.1) is 13.7 Å². The largest absolute Gasteiger partial charge is 0.493 e. The first kappa shape index (κ1) is 16.9. The molecule has 0 amide bonds. The Morgan fingerprint density at radius 2 is 1.82 bits per heavy atom. The van der Waals surface area contributed by atoms with E-state index >= 15 is 0 Å². The van der Waals surface area contributed by atoms with Crippen LogP contribution in [-0.2, 0) is 6.54 Å². The third kappa shape index (κ3) is 4.79. The fourth-order valence-corrected chi connectivity index (χ4v) is 2.57. The van der Waals surface area contributed by atoms with Crippen molar-refractivity contribution in [3.63, 3.8) is 0 Å². The van der Waals surface area contributed by atoms with Crippen molar-refractivity contribution in [1.82, 2.24) is 9.80 Å². The van der Waals surface area contributed by atoms with Gasteiger partial charge in [0.2, 0.25) is 0 Å². The summed E-state index contributed by atoms with van der Waals surface area (Å²) in [5.41, 5.74) is 0.995. The van der Waals surface area contributed by atoms with Crippen LogP contribution in [0.5, 0.6) is 11.5 Å². The van der Waals surface area contributed by atoms with E-state index in [1.165, 1.54) is 13.2 Å². The van der Waals surface area contributed by atoms with Crippen LogP contribution in [0.4, 0.5) is 8.78 Å². The Hall–Kier alpha value is -1.44. The highest BCUT2D eigenvalue weighted by molar-refractivity contribution is 5.43. The van der Waals surface area contributed by atoms with Gasteiger partial charge < -0.3 is 14.6 Å². The van der Waals surface area contributed by atoms with Crippen LogP contribution in [0.3, 0.4) is 0 Å². The number of hydrogen-bond acceptors (Lipinski definition) is 5. The molecule has 1 aromatic rings. The van der Waals surface area contributed by atoms with Crippen LogP contribution >= 0.6 is 0 Å². The molecule has 0 spiro atoms. The lowest BCUT2D eigenvalue weighted by atomic mass is 10.1. The van der Waals surface area contributed by atoms with Crippen molar-refractivity contribution in [2.45, 2.75) is 13.2 Å². The van der Waals surface area contributed by atoms with Crippen LogP contribution in [0, 0.1) is 0 Å². The highest BCUT2D eigenvalue weighted by Crippen LogP contribution is 2.29. The summed E-state index contributed by atoms with van der Waals surface area (Å²) in [5.74, 6) is 0.366. The number of halogens is 2. The zero-order valence-corrected chi connectivity index (χ0v) is 12.7. The average molecular weight is 316 g/mol. The molecule has 0 aromatic heterocycles. The normalized spacial score (nSPS) is 17.0. The monoisotopic (exact) mass is 316 g/mol. The van der Waals surface area contributed by atoms with E-state index in [-0.39, 0.29) is 12.4 Å². The first-order valence-corrected chi connectivity index (χ1v) is 7.29. The molecule has 7 heteroatoms. The number of benzene rings is 1. The number of aliphatic hydroxyl groups excluding tert-OH is 1. The molecule has 1 heterocycles. The predicted molar refractivity (Wildman–Crippen MR) is 78.4 cm³/mol. The Bertz CT molecular complexity index is 466. The second kappa shape index (κ2) is 8.26. The SMILES string of the molecule is COc1cc(CN2CCN(CCO)CC2)ccc1OC(F)F. The number of rotatable bonds is 7. The Balaban J connectivity index is 1.93. The zero-order chi connectivity index (χ0) is 15.9. The molecule has 5 nitrogen and oxygen atoms in total. The van der Waals surface area contributed by atoms with E-state index in [1.54, 1.807) is 12.1 Å². The van der Waals surface area contributed by atoms with Crippen LogP contribution in [-0.4, -0.2) is 68.0 Å². The molecule has 0 radical (unpaired) electrons. The van der Waals surface area contributed by atoms with Crippen LogP contribution in [0.1, 0.15) is 5.56 Å². The van der Waals surface area contributed by atoms with Crippen molar-refractivity contribution in [3.8, 4) is 11.5 Å². The van der Waals surface area contributed by atoms with Crippen LogP contribution in [0.2, 0.25) is 0 Å². The number of nitrogens with zero attached hydrogens (tertiary/aromatic N) is 2. The lowest BCUT2D eigenvalue weighted by Gasteiger charge is -2.34. The molecule has 1 aromatic carbocycles. The number of methoxy groups -OCH3 is 1. The van der Waals surface area contributed by atoms with Gasteiger partial charge in [0.25, 0.3) is 0 Å². The summed E-state index contributed by atoms with van der Waals surface area (Å²) in [7, 11) is 1.44. The van der Waals surface area contributed by atoms with Gasteiger partial charge in [-0.1, -0.05) is 6.07 Å². The van der Waals surface area contributed by atoms with Gasteiger partial charge in [-0.05, 0) is 17.7 Å². The average Bonchev–Trinajstić information content (AvgIpc) is 2.50. The summed E-state index contributed by atoms with van der Waals surface area (Å²) in [6.07, 6.45) is 0. The fraction of sp³-hybridized carbons (Fsp3) is 0.600. The van der Waals surface area contributed by atoms with Crippen LogP contribution in [0.15, 0.2) is 18.2 Å². The molecule has 0 unspecified atom stereocenters. The van der Waals surface area contributed by atoms with Crippen LogP contribution < -0.4 is 9.47 Å². The van der Waals surface area contributed by atoms with Crippen molar-refractivity contribution in [3.05, 3.63) is 23.8 Å². The van der Waals surface area contributed by atoms with Crippen molar-refractivity contribution in [2.24, 2.45) is 0 Å². The van der Waals surface area contributed by atoms with E-state index in [1.807, 2.05) is 0 Å². The number of hydrogen-bond donors (Lipinski definition) is 1. The summed E-state index contributed by atoms with van der Waals surface area (Å²) >= 11 is 0. The summed E-state index contributed by atoms with van der Waals surface area (Å²) in [5, 5.41) is 8.93. The number of β-amino-alcohol motifs (C(OH)–C–C–N with tert-alkyl or cyclic N) is 1. The highest BCUT2D eigenvalue weighted by Gasteiger charge is 2.17. The standard InChI is InChI=1S/C15H22F2N2O3/c1-21-14-10-12(2-3-13(14)22-15(16)17)11-19-6-4-18(5-7-19)8-9-20/h2-3,10,15,20H,4-9,11H2,1H3. The minimum Gasteiger partial charge on any atom is -0.493 e. The van der Waals surface area contributed by atoms with E-state index in [0.717, 1.165) is 38.3 Å². The molecule has 1 saturated heterocycles. The fourth-order valence-electron chi connectivity index (χ4n) is 2.57. The molecule has 0 atom stereocenters. The van der Waals surface area contributed by atoms with Crippen molar-refractivity contribution in [2.75, 3.05) is 46.4 Å². The number of alkyl halides is 2. The molecular weight excluding hydrogens is 294 g/mol. The Kier molecular flexibility index (Phi) is 6.35. The quantitative estimate of drug-likeness (QED) is 0.824. The summed E-state index contributed by atoms with van der Waals surface area (Å²) in [6.45, 7) is 2.44. The molecule has 0 bridgehead atoms. The van der Waals surface area contributed by atoms with Gasteiger partial charge in [0, 0.05) is 39.3 Å². The molecule has 0 saturated carbocycles. The maximum Gasteiger partial charge on any atom is 0.387 e. The third-order valence-corrected chi connectivity index (χ3v) is 3.73. The number of aliphatic hydroxyl groups is 1. The molecule has 2 rings (SSSR count). The van der Waals surface area contributed by atoms with E-state index in [4.69, 9.17) is 9.84 Å². The molecule has 22 heavy (non-hydrogen) atoms. The van der Waals surface area contributed by atoms with Crippen molar-refractivity contribution < 1.29 is 23.4 Å². The smallest absolute Gasteiger partial charge is 0.387 e. The maximum atomic E-state index is 12.3. The first-order chi connectivity index (χ1) is 10.6. The Morgan fingerprint density at radius 3 is 2.41 bits per heavy atom. The van der Waals surface area contributed by atoms with E-state index in [0.29, 0.717) is 12.3 Å². The molecule has 1 N–H and O–H groups in total. The Morgan fingerprint density at radius 1 is 1.14 bits per heavy atom. The molecule has 1 fully saturated rings. The second-order valence-corrected chi connectivity index (χ2v) is 5.21. The lowest BCUT2D eigenvalue weighted by molar-refractivity contribution is -0.0512. The third-order valence-electron chi connectivity index (χ3n) is 3.73. The van der Waals surface area contributed by atoms with Gasteiger partial charge in [0.15, 0.2) is 11.5 Å². The minimum atomic E-state index is -2.86. The lowest BCUT2D eigenvalue weighted by Crippen LogP contribution is -2.46. The van der Waals surface area contributed by atoms with Crippen molar-refractivity contribution in [1.29, 1.82) is 0 Å². The number of piperazine rings is 1. The van der Waals surface area contributed by atoms with Gasteiger partial charge in [0.1, 0.15) is 0 Å². The van der Waals surface area contributed by atoms with Crippen LogP contribution in [0.25, 0.3) is 0 Å². The van der Waals surface area contributed by atoms with E-state index < -0.39 is 6.61 Å². The van der Waals surface area contributed by atoms with Gasteiger partial charge in [-0.3, -0.25) is 9.80 Å². The summed E-state index contributed by atoms with van der Waals surface area (Å²) in [4.78, 5) is 4.51. The van der Waals surface area contributed by atoms with Crippen molar-refractivity contribution >= 4 is 0 Å². The van der Waals surface area contributed by atoms with E-state index in [2.05, 4.69) is 14.5 Å². The molecular formula is C15H22F2N2O3. The molecule has 124 valence electrons. The topological polar surface area (TPSA) is 45.2 Å². The Labute approximate surface area is 129 Å². The maximum absolute atomic E-state index is 12.3. The predicted octanol–water partition coefficient (Wildman–Crippen LogP) is 1.41. The zero-order valence-electron chi connectivity index (χ0n) is 12.7. The molecule has 1 aliphatic heterocycles. The van der Waals surface area contributed by atoms with Gasteiger partial charge in [-0.15, -0.1) is 0 Å². The summed E-state index contributed by atoms with van der Waals surface area (Å²) in [6, 6.07) is 5.03. The van der Waals surface area contributed by atoms with Gasteiger partial charge >= 0.3 is 6.61 Å². The summed E-state index contributed by atoms with van der Waals surface area (Å²) < 4.78 is 34.1. The van der Waals surface area contributed by atoms with Gasteiger partial charge in [-0.2, -0.15) is 8.78 Å². The molecule has 1 aliphatic rings.